The van der Waals surface area contributed by atoms with Gasteiger partial charge in [0.1, 0.15) is 5.03 Å². The third-order valence-electron chi connectivity index (χ3n) is 2.84. The third-order valence-corrected chi connectivity index (χ3v) is 3.94. The number of hydrogen-bond acceptors (Lipinski definition) is 4. The Kier molecular flexibility index (Phi) is 3.33. The van der Waals surface area contributed by atoms with Gasteiger partial charge in [0.25, 0.3) is 0 Å². The summed E-state index contributed by atoms with van der Waals surface area (Å²) in [6.07, 6.45) is 3.58. The van der Waals surface area contributed by atoms with Crippen molar-refractivity contribution in [2.75, 3.05) is 5.73 Å². The van der Waals surface area contributed by atoms with Crippen molar-refractivity contribution in [1.82, 2.24) is 9.97 Å². The molecule has 4 heteroatoms. The van der Waals surface area contributed by atoms with E-state index in [2.05, 4.69) is 28.2 Å². The number of nitrogens with two attached hydrogens (primary N) is 1. The number of nitrogen functional groups attached to an aromatic ring is 1. The molecule has 0 unspecified atom stereocenters. The maximum atomic E-state index is 5.88. The Balaban J connectivity index is 1.80. The second kappa shape index (κ2) is 5.28. The van der Waals surface area contributed by atoms with Crippen LogP contribution in [0.25, 0.3) is 10.9 Å². The first kappa shape index (κ1) is 12.0. The molecule has 2 heterocycles. The zero-order valence-electron chi connectivity index (χ0n) is 10.3. The Labute approximate surface area is 115 Å². The first-order chi connectivity index (χ1) is 9.33. The highest BCUT2D eigenvalue weighted by Crippen LogP contribution is 2.26. The lowest BCUT2D eigenvalue weighted by molar-refractivity contribution is 1.14. The first-order valence-electron chi connectivity index (χ1n) is 6.00. The number of hydrogen-bond donors (Lipinski definition) is 1. The van der Waals surface area contributed by atoms with E-state index in [1.54, 1.807) is 18.0 Å². The predicted octanol–water partition coefficient (Wildman–Crippen LogP) is 3.50. The molecular weight excluding hydrogens is 254 g/mol. The zero-order chi connectivity index (χ0) is 13.1. The first-order valence-corrected chi connectivity index (χ1v) is 6.98. The minimum absolute atomic E-state index is 0.731. The SMILES string of the molecule is Nc1cccnc1SCc1ccc2ncccc2c1. The number of thioether (sulfide) groups is 1. The molecule has 0 atom stereocenters. The minimum atomic E-state index is 0.731. The summed E-state index contributed by atoms with van der Waals surface area (Å²) in [5.74, 6) is 0.853. The van der Waals surface area contributed by atoms with Gasteiger partial charge in [-0.3, -0.25) is 4.98 Å². The monoisotopic (exact) mass is 267 g/mol. The molecule has 0 saturated heterocycles. The molecular formula is C15H13N3S. The Bertz CT molecular complexity index is 712. The van der Waals surface area contributed by atoms with Gasteiger partial charge in [0, 0.05) is 23.5 Å². The fourth-order valence-corrected chi connectivity index (χ4v) is 2.74. The summed E-state index contributed by atoms with van der Waals surface area (Å²) in [5.41, 5.74) is 8.88. The maximum Gasteiger partial charge on any atom is 0.119 e. The lowest BCUT2D eigenvalue weighted by Gasteiger charge is -2.05. The van der Waals surface area contributed by atoms with E-state index in [-0.39, 0.29) is 0 Å². The van der Waals surface area contributed by atoms with Gasteiger partial charge in [0.2, 0.25) is 0 Å². The Hall–Kier alpha value is -2.07. The zero-order valence-corrected chi connectivity index (χ0v) is 11.1. The molecule has 1 aromatic carbocycles. The lowest BCUT2D eigenvalue weighted by Crippen LogP contribution is -1.91. The number of nitrogens with zero attached hydrogens (tertiary/aromatic N) is 2. The van der Waals surface area contributed by atoms with Crippen LogP contribution in [0.1, 0.15) is 5.56 Å². The molecule has 0 aliphatic rings. The minimum Gasteiger partial charge on any atom is -0.397 e. The van der Waals surface area contributed by atoms with Crippen molar-refractivity contribution < 1.29 is 0 Å². The van der Waals surface area contributed by atoms with E-state index >= 15 is 0 Å². The quantitative estimate of drug-likeness (QED) is 0.738. The van der Waals surface area contributed by atoms with Crippen molar-refractivity contribution in [2.45, 2.75) is 10.8 Å². The smallest absolute Gasteiger partial charge is 0.119 e. The molecule has 3 rings (SSSR count). The summed E-state index contributed by atoms with van der Waals surface area (Å²) in [5, 5.41) is 2.04. The molecule has 0 radical (unpaired) electrons. The van der Waals surface area contributed by atoms with Gasteiger partial charge >= 0.3 is 0 Å². The van der Waals surface area contributed by atoms with Crippen molar-refractivity contribution >= 4 is 28.4 Å². The van der Waals surface area contributed by atoms with Crippen molar-refractivity contribution in [3.63, 3.8) is 0 Å². The van der Waals surface area contributed by atoms with Gasteiger partial charge < -0.3 is 5.73 Å². The van der Waals surface area contributed by atoms with Crippen LogP contribution in [0.15, 0.2) is 59.9 Å². The molecule has 0 spiro atoms. The average molecular weight is 267 g/mol. The molecule has 3 nitrogen and oxygen atoms in total. The van der Waals surface area contributed by atoms with Crippen molar-refractivity contribution in [3.8, 4) is 0 Å². The largest absolute Gasteiger partial charge is 0.397 e. The van der Waals surface area contributed by atoms with Crippen LogP contribution in [0, 0.1) is 0 Å². The summed E-state index contributed by atoms with van der Waals surface area (Å²) in [6.45, 7) is 0. The molecule has 0 aliphatic heterocycles. The van der Waals surface area contributed by atoms with Crippen LogP contribution in [0.2, 0.25) is 0 Å². The molecule has 19 heavy (non-hydrogen) atoms. The van der Waals surface area contributed by atoms with Crippen LogP contribution >= 0.6 is 11.8 Å². The molecule has 0 fully saturated rings. The summed E-state index contributed by atoms with van der Waals surface area (Å²) >= 11 is 1.65. The maximum absolute atomic E-state index is 5.88. The van der Waals surface area contributed by atoms with Crippen LogP contribution in [0.5, 0.6) is 0 Å². The van der Waals surface area contributed by atoms with Crippen LogP contribution in [0.4, 0.5) is 5.69 Å². The van der Waals surface area contributed by atoms with E-state index in [1.165, 1.54) is 5.56 Å². The Morgan fingerprint density at radius 2 is 1.84 bits per heavy atom. The van der Waals surface area contributed by atoms with Crippen LogP contribution in [-0.4, -0.2) is 9.97 Å². The number of fused-ring (bicyclic) bond motifs is 1. The Morgan fingerprint density at radius 3 is 2.74 bits per heavy atom. The second-order valence-corrected chi connectivity index (χ2v) is 5.18. The van der Waals surface area contributed by atoms with Crippen molar-refractivity contribution in [2.24, 2.45) is 0 Å². The number of rotatable bonds is 3. The van der Waals surface area contributed by atoms with Gasteiger partial charge in [0.15, 0.2) is 0 Å². The molecule has 2 aromatic heterocycles. The highest BCUT2D eigenvalue weighted by atomic mass is 32.2. The van der Waals surface area contributed by atoms with Gasteiger partial charge in [0.05, 0.1) is 11.2 Å². The molecule has 0 bridgehead atoms. The van der Waals surface area contributed by atoms with Crippen molar-refractivity contribution in [3.05, 3.63) is 60.4 Å². The lowest BCUT2D eigenvalue weighted by atomic mass is 10.1. The topological polar surface area (TPSA) is 51.8 Å². The highest BCUT2D eigenvalue weighted by Gasteiger charge is 2.02. The normalized spacial score (nSPS) is 10.7. The molecule has 94 valence electrons. The van der Waals surface area contributed by atoms with Gasteiger partial charge in [-0.25, -0.2) is 4.98 Å². The van der Waals surface area contributed by atoms with E-state index in [9.17, 15) is 0 Å². The van der Waals surface area contributed by atoms with Gasteiger partial charge in [-0.1, -0.05) is 23.9 Å². The van der Waals surface area contributed by atoms with E-state index in [1.807, 2.05) is 30.5 Å². The van der Waals surface area contributed by atoms with E-state index in [0.717, 1.165) is 27.4 Å². The fraction of sp³-hybridized carbons (Fsp3) is 0.0667. The molecule has 2 N–H and O–H groups in total. The standard InChI is InChI=1S/C15H13N3S/c16-13-4-2-8-18-15(13)19-10-11-5-6-14-12(9-11)3-1-7-17-14/h1-9H,10,16H2. The number of anilines is 1. The summed E-state index contributed by atoms with van der Waals surface area (Å²) in [7, 11) is 0. The van der Waals surface area contributed by atoms with E-state index < -0.39 is 0 Å². The average Bonchev–Trinajstić information content (AvgIpc) is 2.46. The highest BCUT2D eigenvalue weighted by molar-refractivity contribution is 7.98. The summed E-state index contributed by atoms with van der Waals surface area (Å²) < 4.78 is 0. The summed E-state index contributed by atoms with van der Waals surface area (Å²) in [4.78, 5) is 8.60. The molecule has 0 aliphatic carbocycles. The predicted molar refractivity (Wildman–Crippen MR) is 80.0 cm³/mol. The molecule has 0 saturated carbocycles. The second-order valence-electron chi connectivity index (χ2n) is 4.22. The van der Waals surface area contributed by atoms with Crippen molar-refractivity contribution in [1.29, 1.82) is 0 Å². The molecule has 3 aromatic rings. The van der Waals surface area contributed by atoms with E-state index in [0.29, 0.717) is 0 Å². The number of benzene rings is 1. The van der Waals surface area contributed by atoms with Gasteiger partial charge in [-0.05, 0) is 35.9 Å². The van der Waals surface area contributed by atoms with Gasteiger partial charge in [-0.2, -0.15) is 0 Å². The van der Waals surface area contributed by atoms with Crippen LogP contribution in [0.3, 0.4) is 0 Å². The summed E-state index contributed by atoms with van der Waals surface area (Å²) in [6, 6.07) is 14.1. The molecule has 0 amide bonds. The number of pyridine rings is 2. The van der Waals surface area contributed by atoms with Crippen LogP contribution in [-0.2, 0) is 5.75 Å². The van der Waals surface area contributed by atoms with Crippen LogP contribution < -0.4 is 5.73 Å². The van der Waals surface area contributed by atoms with Gasteiger partial charge in [-0.15, -0.1) is 0 Å². The third kappa shape index (κ3) is 2.69. The van der Waals surface area contributed by atoms with E-state index in [4.69, 9.17) is 5.73 Å². The fourth-order valence-electron chi connectivity index (χ4n) is 1.89. The Morgan fingerprint density at radius 1 is 1.00 bits per heavy atom. The number of aromatic nitrogens is 2.